The molecule has 1 atom stereocenters. The predicted molar refractivity (Wildman–Crippen MR) is 64.2 cm³/mol. The van der Waals surface area contributed by atoms with E-state index in [1.807, 2.05) is 6.26 Å². The summed E-state index contributed by atoms with van der Waals surface area (Å²) in [6.45, 7) is 2.97. The third kappa shape index (κ3) is 23.5. The van der Waals surface area contributed by atoms with Gasteiger partial charge in [0.25, 0.3) is 0 Å². The average Bonchev–Trinajstić information content (AvgIpc) is 2.36. The van der Waals surface area contributed by atoms with Crippen LogP contribution in [-0.2, 0) is 53.6 Å². The molecule has 2 amide bonds. The minimum Gasteiger partial charge on any atom is -0.357 e. The Labute approximate surface area is 139 Å². The fourth-order valence-corrected chi connectivity index (χ4v) is 0.793. The molecule has 0 bridgehead atoms. The fourth-order valence-electron chi connectivity index (χ4n) is 0.525. The molecule has 10 heteroatoms. The van der Waals surface area contributed by atoms with Crippen LogP contribution in [0.15, 0.2) is 6.99 Å². The third-order valence-electron chi connectivity index (χ3n) is 1.23. The van der Waals surface area contributed by atoms with Crippen molar-refractivity contribution in [3.63, 3.8) is 0 Å². The monoisotopic (exact) mass is 629 g/mol. The van der Waals surface area contributed by atoms with E-state index in [1.165, 1.54) is 18.8 Å². The average molecular weight is 629 g/mol. The molecule has 0 aliphatic rings. The Kier molecular flexibility index (Phi) is 22.7. The Balaban J connectivity index is -0.000000266. The van der Waals surface area contributed by atoms with Crippen molar-refractivity contribution in [2.75, 3.05) is 13.3 Å². The number of carbonyl (C=O) groups excluding carboxylic acids is 2. The van der Waals surface area contributed by atoms with Gasteiger partial charge in [-0.05, 0) is 6.26 Å². The van der Waals surface area contributed by atoms with Gasteiger partial charge in [-0.15, -0.1) is 0 Å². The summed E-state index contributed by atoms with van der Waals surface area (Å²) in [4.78, 5) is 30.5. The molecule has 0 fully saturated rings. The number of hydrogen-bond acceptors (Lipinski definition) is 5. The van der Waals surface area contributed by atoms with Gasteiger partial charge < -0.3 is 11.8 Å². The molecule has 0 aromatic rings. The van der Waals surface area contributed by atoms with E-state index >= 15 is 0 Å². The molecule has 0 heterocycles. The summed E-state index contributed by atoms with van der Waals surface area (Å²) in [5.41, 5.74) is 0. The van der Waals surface area contributed by atoms with E-state index in [9.17, 15) is 14.4 Å². The summed E-state index contributed by atoms with van der Waals surface area (Å²) in [5, 5.41) is 11.0. The van der Waals surface area contributed by atoms with Crippen LogP contribution in [0, 0.1) is 13.2 Å². The van der Waals surface area contributed by atoms with Gasteiger partial charge in [-0.3, -0.25) is 6.26 Å². The maximum absolute atomic E-state index is 10.6. The zero-order valence-electron chi connectivity index (χ0n) is 10.5. The molecule has 0 radical (unpaired) electrons. The van der Waals surface area contributed by atoms with Crippen molar-refractivity contribution < 1.29 is 58.8 Å². The Morgan fingerprint density at radius 2 is 1.74 bits per heavy atom. The number of rotatable bonds is 4. The van der Waals surface area contributed by atoms with E-state index in [4.69, 9.17) is 5.11 Å². The molecule has 7 nitrogen and oxygen atoms in total. The van der Waals surface area contributed by atoms with E-state index < -0.39 is 12.0 Å². The first-order chi connectivity index (χ1) is 8.80. The minimum absolute atomic E-state index is 0.0741. The van der Waals surface area contributed by atoms with Crippen LogP contribution >= 0.6 is 11.8 Å². The number of carboxylic acid groups (broad SMARTS) is 1. The molecule has 0 saturated carbocycles. The normalized spacial score (nSPS) is 9.63. The Morgan fingerprint density at radius 1 is 1.37 bits per heavy atom. The zero-order chi connectivity index (χ0) is 15.8. The van der Waals surface area contributed by atoms with Crippen molar-refractivity contribution in [3.8, 4) is 0 Å². The van der Waals surface area contributed by atoms with Crippen LogP contribution in [0.25, 0.3) is 0 Å². The molecule has 0 aliphatic carbocycles. The number of nitrogens with one attached hydrogen (secondary N) is 1. The summed E-state index contributed by atoms with van der Waals surface area (Å²) in [5.74, 6) is -1.73. The van der Waals surface area contributed by atoms with Crippen LogP contribution in [0.5, 0.6) is 0 Å². The number of amides is 2. The van der Waals surface area contributed by atoms with Crippen LogP contribution in [-0.4, -0.2) is 42.2 Å². The van der Waals surface area contributed by atoms with Gasteiger partial charge in [0.15, 0.2) is 0 Å². The molecule has 0 spiro atoms. The second-order valence-corrected chi connectivity index (χ2v) is 4.53. The van der Waals surface area contributed by atoms with E-state index in [0.29, 0.717) is 0 Å². The molecular formula is C9H15N3O4SW2-2. The Morgan fingerprint density at radius 3 is 1.89 bits per heavy atom. The van der Waals surface area contributed by atoms with Gasteiger partial charge in [-0.2, -0.15) is 0 Å². The summed E-state index contributed by atoms with van der Waals surface area (Å²) < 4.78 is 6.62. The number of carbonyl (C=O) groups is 3. The molecule has 19 heavy (non-hydrogen) atoms. The van der Waals surface area contributed by atoms with E-state index in [1.54, 1.807) is 0 Å². The van der Waals surface area contributed by atoms with Gasteiger partial charge in [0.1, 0.15) is 0 Å². The molecular weight excluding hydrogens is 614 g/mol. The third-order valence-corrected chi connectivity index (χ3v) is 2.69. The SMILES string of the molecule is CNC(CC(=O)[N]=[W])C(=O)O.[CH2-]C(=O)[N]=[W].[CH2-]SC. The van der Waals surface area contributed by atoms with Crippen molar-refractivity contribution in [2.24, 2.45) is 6.99 Å². The molecule has 2 N–H and O–H groups in total. The van der Waals surface area contributed by atoms with Gasteiger partial charge in [-0.25, -0.2) is 0 Å². The van der Waals surface area contributed by atoms with E-state index in [-0.39, 0.29) is 18.2 Å². The number of nitrogens with zero attached hydrogens (tertiary/aromatic N) is 2. The topological polar surface area (TPSA) is 108 Å². The van der Waals surface area contributed by atoms with Gasteiger partial charge in [0.05, 0.1) is 0 Å². The number of hydrogen-bond donors (Lipinski definition) is 2. The van der Waals surface area contributed by atoms with Crippen LogP contribution in [0.3, 0.4) is 0 Å². The number of carboxylic acids is 1. The van der Waals surface area contributed by atoms with Crippen molar-refractivity contribution >= 4 is 29.5 Å². The van der Waals surface area contributed by atoms with Crippen LogP contribution in [0.4, 0.5) is 0 Å². The number of likely N-dealkylation sites (N-methyl/N-ethyl adjacent to an activating group) is 1. The Hall–Kier alpha value is -0.0334. The second-order valence-electron chi connectivity index (χ2n) is 2.64. The summed E-state index contributed by atoms with van der Waals surface area (Å²) >= 11 is 3.21. The molecule has 0 rings (SSSR count). The van der Waals surface area contributed by atoms with E-state index in [2.05, 4.69) is 25.5 Å². The Bertz CT molecular complexity index is 316. The van der Waals surface area contributed by atoms with Crippen molar-refractivity contribution in [2.45, 2.75) is 12.5 Å². The van der Waals surface area contributed by atoms with Gasteiger partial charge in [0, 0.05) is 0 Å². The van der Waals surface area contributed by atoms with Gasteiger partial charge in [-0.1, -0.05) is 0 Å². The number of aliphatic carboxylic acids is 1. The zero-order valence-corrected chi connectivity index (χ0v) is 17.2. The maximum atomic E-state index is 10.6. The van der Waals surface area contributed by atoms with Crippen molar-refractivity contribution in [1.29, 1.82) is 0 Å². The minimum atomic E-state index is -1.03. The number of thioether (sulfide) groups is 1. The van der Waals surface area contributed by atoms with Crippen LogP contribution < -0.4 is 5.32 Å². The smallest absolute Gasteiger partial charge is 0.0495 e. The first-order valence-electron chi connectivity index (χ1n) is 4.54. The first kappa shape index (κ1) is 24.0. The van der Waals surface area contributed by atoms with Crippen molar-refractivity contribution in [1.82, 2.24) is 5.32 Å². The first-order valence-corrected chi connectivity index (χ1v) is 8.56. The van der Waals surface area contributed by atoms with Crippen LogP contribution in [0.2, 0.25) is 0 Å². The maximum Gasteiger partial charge on any atom is -0.0495 e. The summed E-state index contributed by atoms with van der Waals surface area (Å²) in [6.07, 6.45) is 5.26. The van der Waals surface area contributed by atoms with E-state index in [0.717, 1.165) is 39.3 Å². The summed E-state index contributed by atoms with van der Waals surface area (Å²) in [7, 11) is 1.49. The fraction of sp³-hybridized carbons (Fsp3) is 0.444. The van der Waals surface area contributed by atoms with Crippen molar-refractivity contribution in [3.05, 3.63) is 13.2 Å². The largest absolute Gasteiger partial charge is 0.357 e. The molecule has 1 unspecified atom stereocenters. The van der Waals surface area contributed by atoms with Gasteiger partial charge in [0.2, 0.25) is 0 Å². The standard InChI is InChI=1S/C5H8N2O3.C2H2NO.C2H5S.2W/c1-7-3(5(9)10)2-4(6)8;1-2(3)4;1-3-2;;/h3,7H,2H2,1H3,(H,9,10);1H2;1H2,2H3;;/q;2*-1;;. The quantitative estimate of drug-likeness (QED) is 0.440. The van der Waals surface area contributed by atoms with Gasteiger partial charge >= 0.3 is 115 Å². The summed E-state index contributed by atoms with van der Waals surface area (Å²) in [6, 6.07) is -0.814. The van der Waals surface area contributed by atoms with Crippen LogP contribution in [0.1, 0.15) is 6.42 Å². The predicted octanol–water partition coefficient (Wildman–Crippen LogP) is 0.525. The molecule has 0 aromatic heterocycles. The molecule has 0 aromatic carbocycles. The molecule has 110 valence electrons. The second kappa shape index (κ2) is 18.0. The molecule has 0 saturated heterocycles. The molecule has 0 aliphatic heterocycles.